The van der Waals surface area contributed by atoms with Crippen LogP contribution < -0.4 is 19.5 Å². The first-order valence-electron chi connectivity index (χ1n) is 10.6. The van der Waals surface area contributed by atoms with E-state index in [1.54, 1.807) is 23.1 Å². The second kappa shape index (κ2) is 9.65. The number of hydrogen-bond donors (Lipinski definition) is 1. The molecule has 1 aliphatic rings. The minimum Gasteiger partial charge on any atom is -0.493 e. The maximum Gasteiger partial charge on any atom is 0.255 e. The fraction of sp³-hybridized carbons (Fsp3) is 0.231. The number of amides is 2. The molecule has 2 amide bonds. The van der Waals surface area contributed by atoms with E-state index in [0.717, 1.165) is 11.1 Å². The molecule has 0 aromatic heterocycles. The highest BCUT2D eigenvalue weighted by molar-refractivity contribution is 6.03. The van der Waals surface area contributed by atoms with Crippen LogP contribution in [0.1, 0.15) is 21.5 Å². The Hall–Kier alpha value is -4.00. The van der Waals surface area contributed by atoms with Gasteiger partial charge in [0.15, 0.2) is 11.5 Å². The van der Waals surface area contributed by atoms with Gasteiger partial charge >= 0.3 is 0 Å². The van der Waals surface area contributed by atoms with Gasteiger partial charge in [-0.1, -0.05) is 48.5 Å². The summed E-state index contributed by atoms with van der Waals surface area (Å²) in [5, 5.41) is 2.94. The van der Waals surface area contributed by atoms with Crippen molar-refractivity contribution >= 4 is 17.5 Å². The molecule has 1 atom stereocenters. The molecule has 7 heteroatoms. The van der Waals surface area contributed by atoms with E-state index in [1.807, 2.05) is 48.5 Å². The molecule has 0 saturated heterocycles. The van der Waals surface area contributed by atoms with Crippen LogP contribution in [0.15, 0.2) is 66.7 Å². The zero-order valence-electron chi connectivity index (χ0n) is 18.8. The molecule has 33 heavy (non-hydrogen) atoms. The van der Waals surface area contributed by atoms with Crippen molar-refractivity contribution in [1.82, 2.24) is 4.90 Å². The smallest absolute Gasteiger partial charge is 0.255 e. The van der Waals surface area contributed by atoms with E-state index in [0.29, 0.717) is 41.5 Å². The molecule has 170 valence electrons. The Morgan fingerprint density at radius 2 is 1.58 bits per heavy atom. The summed E-state index contributed by atoms with van der Waals surface area (Å²) in [6.07, 6.45) is 0.386. The second-order valence-electron chi connectivity index (χ2n) is 7.70. The van der Waals surface area contributed by atoms with Gasteiger partial charge in [-0.05, 0) is 17.2 Å². The van der Waals surface area contributed by atoms with Gasteiger partial charge in [-0.15, -0.1) is 0 Å². The van der Waals surface area contributed by atoms with E-state index in [4.69, 9.17) is 14.2 Å². The number of hydrogen-bond acceptors (Lipinski definition) is 5. The van der Waals surface area contributed by atoms with Crippen LogP contribution in [0.5, 0.6) is 17.2 Å². The predicted molar refractivity (Wildman–Crippen MR) is 125 cm³/mol. The average Bonchev–Trinajstić information content (AvgIpc) is 3.18. The van der Waals surface area contributed by atoms with Gasteiger partial charge in [-0.3, -0.25) is 9.59 Å². The fourth-order valence-corrected chi connectivity index (χ4v) is 4.09. The molecule has 1 unspecified atom stereocenters. The molecule has 0 aliphatic carbocycles. The van der Waals surface area contributed by atoms with Gasteiger partial charge in [-0.2, -0.15) is 0 Å². The van der Waals surface area contributed by atoms with Crippen LogP contribution in [0.4, 0.5) is 5.69 Å². The molecular weight excluding hydrogens is 420 g/mol. The van der Waals surface area contributed by atoms with Crippen LogP contribution in [-0.2, 0) is 17.8 Å². The standard InChI is InChI=1S/C26H26N2O5/c1-31-22-14-19(15-23(32-2)24(22)33-3)27-25(29)21(13-17-9-5-4-6-10-17)28-16-18-11-7-8-12-20(18)26(28)30/h4-12,14-15,21H,13,16H2,1-3H3,(H,27,29). The number of anilines is 1. The van der Waals surface area contributed by atoms with Gasteiger partial charge in [0, 0.05) is 36.3 Å². The molecule has 7 nitrogen and oxygen atoms in total. The number of fused-ring (bicyclic) bond motifs is 1. The molecule has 1 heterocycles. The molecule has 3 aromatic rings. The van der Waals surface area contributed by atoms with Gasteiger partial charge in [0.1, 0.15) is 6.04 Å². The Morgan fingerprint density at radius 1 is 0.939 bits per heavy atom. The molecule has 0 spiro atoms. The van der Waals surface area contributed by atoms with Crippen LogP contribution in [0.3, 0.4) is 0 Å². The van der Waals surface area contributed by atoms with Gasteiger partial charge in [-0.25, -0.2) is 0 Å². The number of nitrogens with zero attached hydrogens (tertiary/aromatic N) is 1. The first-order valence-corrected chi connectivity index (χ1v) is 10.6. The van der Waals surface area contributed by atoms with E-state index >= 15 is 0 Å². The lowest BCUT2D eigenvalue weighted by atomic mass is 10.0. The highest BCUT2D eigenvalue weighted by Crippen LogP contribution is 2.40. The van der Waals surface area contributed by atoms with Gasteiger partial charge in [0.25, 0.3) is 5.91 Å². The molecule has 4 rings (SSSR count). The van der Waals surface area contributed by atoms with Gasteiger partial charge in [0.2, 0.25) is 11.7 Å². The predicted octanol–water partition coefficient (Wildman–Crippen LogP) is 3.92. The molecular formula is C26H26N2O5. The van der Waals surface area contributed by atoms with Crippen LogP contribution in [-0.4, -0.2) is 44.1 Å². The summed E-state index contributed by atoms with van der Waals surface area (Å²) in [5.74, 6) is 0.845. The summed E-state index contributed by atoms with van der Waals surface area (Å²) in [5.41, 5.74) is 3.00. The number of carbonyl (C=O) groups is 2. The number of ether oxygens (including phenoxy) is 3. The van der Waals surface area contributed by atoms with Crippen molar-refractivity contribution in [2.75, 3.05) is 26.6 Å². The fourth-order valence-electron chi connectivity index (χ4n) is 4.09. The molecule has 3 aromatic carbocycles. The maximum absolute atomic E-state index is 13.5. The number of benzene rings is 3. The third-order valence-electron chi connectivity index (χ3n) is 5.73. The van der Waals surface area contributed by atoms with Crippen LogP contribution in [0.2, 0.25) is 0 Å². The summed E-state index contributed by atoms with van der Waals surface area (Å²) in [4.78, 5) is 28.3. The summed E-state index contributed by atoms with van der Waals surface area (Å²) in [6.45, 7) is 0.384. The summed E-state index contributed by atoms with van der Waals surface area (Å²) < 4.78 is 16.2. The van der Waals surface area contributed by atoms with Crippen LogP contribution >= 0.6 is 0 Å². The lowest BCUT2D eigenvalue weighted by Crippen LogP contribution is -2.45. The Bertz CT molecular complexity index is 1140. The van der Waals surface area contributed by atoms with Crippen molar-refractivity contribution in [3.8, 4) is 17.2 Å². The molecule has 0 saturated carbocycles. The number of nitrogens with one attached hydrogen (secondary N) is 1. The van der Waals surface area contributed by atoms with Crippen molar-refractivity contribution in [2.45, 2.75) is 19.0 Å². The topological polar surface area (TPSA) is 77.1 Å². The Labute approximate surface area is 192 Å². The van der Waals surface area contributed by atoms with Crippen molar-refractivity contribution in [1.29, 1.82) is 0 Å². The minimum atomic E-state index is -0.702. The average molecular weight is 447 g/mol. The van der Waals surface area contributed by atoms with Gasteiger partial charge in [0.05, 0.1) is 21.3 Å². The normalized spacial score (nSPS) is 13.3. The van der Waals surface area contributed by atoms with Gasteiger partial charge < -0.3 is 24.4 Å². The quantitative estimate of drug-likeness (QED) is 0.568. The monoisotopic (exact) mass is 446 g/mol. The Kier molecular flexibility index (Phi) is 6.49. The lowest BCUT2D eigenvalue weighted by molar-refractivity contribution is -0.120. The first-order chi connectivity index (χ1) is 16.0. The molecule has 1 N–H and O–H groups in total. The molecule has 1 aliphatic heterocycles. The first kappa shape index (κ1) is 22.2. The number of carbonyl (C=O) groups excluding carboxylic acids is 2. The molecule has 0 fully saturated rings. The summed E-state index contributed by atoms with van der Waals surface area (Å²) in [6, 6.07) is 19.8. The molecule has 0 bridgehead atoms. The molecule has 0 radical (unpaired) electrons. The largest absolute Gasteiger partial charge is 0.493 e. The van der Waals surface area contributed by atoms with Crippen molar-refractivity contribution in [2.24, 2.45) is 0 Å². The Balaban J connectivity index is 1.65. The summed E-state index contributed by atoms with van der Waals surface area (Å²) >= 11 is 0. The Morgan fingerprint density at radius 3 is 2.18 bits per heavy atom. The van der Waals surface area contributed by atoms with E-state index < -0.39 is 6.04 Å². The summed E-state index contributed by atoms with van der Waals surface area (Å²) in [7, 11) is 4.55. The maximum atomic E-state index is 13.5. The van der Waals surface area contributed by atoms with Crippen LogP contribution in [0.25, 0.3) is 0 Å². The SMILES string of the molecule is COc1cc(NC(=O)C(Cc2ccccc2)N2Cc3ccccc3C2=O)cc(OC)c1OC. The zero-order chi connectivity index (χ0) is 23.4. The number of methoxy groups -OCH3 is 3. The van der Waals surface area contributed by atoms with Crippen molar-refractivity contribution in [3.05, 3.63) is 83.4 Å². The highest BCUT2D eigenvalue weighted by atomic mass is 16.5. The third kappa shape index (κ3) is 4.48. The highest BCUT2D eigenvalue weighted by Gasteiger charge is 2.36. The lowest BCUT2D eigenvalue weighted by Gasteiger charge is -2.27. The minimum absolute atomic E-state index is 0.147. The van der Waals surface area contributed by atoms with Crippen molar-refractivity contribution in [3.63, 3.8) is 0 Å². The number of rotatable bonds is 8. The van der Waals surface area contributed by atoms with Crippen LogP contribution in [0, 0.1) is 0 Å². The zero-order valence-corrected chi connectivity index (χ0v) is 18.8. The van der Waals surface area contributed by atoms with E-state index in [-0.39, 0.29) is 11.8 Å². The third-order valence-corrected chi connectivity index (χ3v) is 5.73. The second-order valence-corrected chi connectivity index (χ2v) is 7.70. The van der Waals surface area contributed by atoms with Crippen molar-refractivity contribution < 1.29 is 23.8 Å². The van der Waals surface area contributed by atoms with E-state index in [2.05, 4.69) is 5.32 Å². The van der Waals surface area contributed by atoms with E-state index in [1.165, 1.54) is 21.3 Å². The van der Waals surface area contributed by atoms with E-state index in [9.17, 15) is 9.59 Å².